The Morgan fingerprint density at radius 3 is 2.75 bits per heavy atom. The molecule has 1 saturated carbocycles. The van der Waals surface area contributed by atoms with Gasteiger partial charge in [-0.25, -0.2) is 19.6 Å². The molecule has 1 aliphatic rings. The summed E-state index contributed by atoms with van der Waals surface area (Å²) in [4.78, 5) is 43.7. The van der Waals surface area contributed by atoms with Gasteiger partial charge in [0, 0.05) is 12.2 Å². The predicted octanol–water partition coefficient (Wildman–Crippen LogP) is 1.98. The molecule has 4 N–H and O–H groups in total. The fourth-order valence-corrected chi connectivity index (χ4v) is 3.72. The second-order valence-corrected chi connectivity index (χ2v) is 7.80. The number of urea groups is 1. The van der Waals surface area contributed by atoms with Crippen LogP contribution in [0.2, 0.25) is 0 Å². The van der Waals surface area contributed by atoms with Gasteiger partial charge < -0.3 is 15.8 Å². The van der Waals surface area contributed by atoms with E-state index in [1.54, 1.807) is 6.92 Å². The summed E-state index contributed by atoms with van der Waals surface area (Å²) in [6, 6.07) is -0.419. The molecule has 2 rings (SSSR count). The molecular formula is C18H27N5O4S. The monoisotopic (exact) mass is 409 g/mol. The molecule has 9 nitrogen and oxygen atoms in total. The van der Waals surface area contributed by atoms with E-state index in [2.05, 4.69) is 34.4 Å². The van der Waals surface area contributed by atoms with E-state index in [-0.39, 0.29) is 34.9 Å². The molecule has 3 atom stereocenters. The maximum atomic E-state index is 12.1. The molecule has 0 aliphatic heterocycles. The van der Waals surface area contributed by atoms with Crippen molar-refractivity contribution in [1.82, 2.24) is 20.6 Å². The van der Waals surface area contributed by atoms with Crippen molar-refractivity contribution in [3.8, 4) is 0 Å². The number of thioether (sulfide) groups is 1. The minimum atomic E-state index is -0.600. The van der Waals surface area contributed by atoms with Gasteiger partial charge in [-0.15, -0.1) is 0 Å². The number of hydrogen-bond donors (Lipinski definition) is 3. The average molecular weight is 410 g/mol. The SMILES string of the molecule is CCOC(=O)c1cnc(SCC(=O)NC(=O)N[C@@H]2CCC[C@H](C)[C@H]2C)nc1N. The number of nitrogens with one attached hydrogen (secondary N) is 2. The number of hydrogen-bond acceptors (Lipinski definition) is 8. The van der Waals surface area contributed by atoms with Crippen LogP contribution in [0.1, 0.15) is 50.4 Å². The van der Waals surface area contributed by atoms with Gasteiger partial charge in [0.2, 0.25) is 5.91 Å². The van der Waals surface area contributed by atoms with Gasteiger partial charge in [0.1, 0.15) is 11.4 Å². The highest BCUT2D eigenvalue weighted by atomic mass is 32.2. The van der Waals surface area contributed by atoms with Crippen LogP contribution in [0.3, 0.4) is 0 Å². The maximum Gasteiger partial charge on any atom is 0.343 e. The Balaban J connectivity index is 1.81. The summed E-state index contributed by atoms with van der Waals surface area (Å²) in [5.41, 5.74) is 5.81. The number of carbonyl (C=O) groups is 3. The zero-order chi connectivity index (χ0) is 20.7. The molecule has 0 bridgehead atoms. The number of amides is 3. The summed E-state index contributed by atoms with van der Waals surface area (Å²) in [7, 11) is 0. The van der Waals surface area contributed by atoms with Crippen LogP contribution in [0, 0.1) is 11.8 Å². The molecule has 0 aromatic carbocycles. The molecule has 1 fully saturated rings. The van der Waals surface area contributed by atoms with Gasteiger partial charge in [0.15, 0.2) is 5.16 Å². The number of carbonyl (C=O) groups excluding carboxylic acids is 3. The van der Waals surface area contributed by atoms with Crippen molar-refractivity contribution >= 4 is 35.5 Å². The van der Waals surface area contributed by atoms with E-state index in [9.17, 15) is 14.4 Å². The largest absolute Gasteiger partial charge is 0.462 e. The molecule has 1 aromatic rings. The van der Waals surface area contributed by atoms with E-state index in [4.69, 9.17) is 10.5 Å². The second kappa shape index (κ2) is 10.3. The van der Waals surface area contributed by atoms with Gasteiger partial charge in [-0.1, -0.05) is 38.5 Å². The van der Waals surface area contributed by atoms with Crippen LogP contribution in [0.25, 0.3) is 0 Å². The van der Waals surface area contributed by atoms with Crippen molar-refractivity contribution in [2.75, 3.05) is 18.1 Å². The van der Waals surface area contributed by atoms with E-state index >= 15 is 0 Å². The number of ether oxygens (including phenoxy) is 1. The van der Waals surface area contributed by atoms with E-state index in [0.29, 0.717) is 11.8 Å². The number of nitrogens with two attached hydrogens (primary N) is 1. The lowest BCUT2D eigenvalue weighted by Gasteiger charge is -2.34. The zero-order valence-corrected chi connectivity index (χ0v) is 17.2. The topological polar surface area (TPSA) is 136 Å². The van der Waals surface area contributed by atoms with E-state index in [0.717, 1.165) is 31.0 Å². The van der Waals surface area contributed by atoms with E-state index in [1.165, 1.54) is 6.20 Å². The number of nitrogens with zero attached hydrogens (tertiary/aromatic N) is 2. The molecule has 0 spiro atoms. The summed E-state index contributed by atoms with van der Waals surface area (Å²) in [5, 5.41) is 5.44. The number of imide groups is 1. The van der Waals surface area contributed by atoms with Crippen LogP contribution >= 0.6 is 11.8 Å². The maximum absolute atomic E-state index is 12.1. The quantitative estimate of drug-likeness (QED) is 0.368. The van der Waals surface area contributed by atoms with Gasteiger partial charge in [0.05, 0.1) is 12.4 Å². The van der Waals surface area contributed by atoms with Crippen molar-refractivity contribution in [3.63, 3.8) is 0 Å². The lowest BCUT2D eigenvalue weighted by molar-refractivity contribution is -0.117. The van der Waals surface area contributed by atoms with Crippen molar-refractivity contribution in [2.45, 2.75) is 51.2 Å². The first-order valence-electron chi connectivity index (χ1n) is 9.34. The first-order chi connectivity index (χ1) is 13.3. The van der Waals surface area contributed by atoms with Gasteiger partial charge >= 0.3 is 12.0 Å². The average Bonchev–Trinajstić information content (AvgIpc) is 2.64. The molecule has 3 amide bonds. The molecule has 1 aliphatic carbocycles. The van der Waals surface area contributed by atoms with Crippen molar-refractivity contribution in [1.29, 1.82) is 0 Å². The molecule has 10 heteroatoms. The summed E-state index contributed by atoms with van der Waals surface area (Å²) in [6.45, 7) is 6.20. The first-order valence-corrected chi connectivity index (χ1v) is 10.3. The molecule has 1 heterocycles. The van der Waals surface area contributed by atoms with E-state index in [1.807, 2.05) is 0 Å². The lowest BCUT2D eigenvalue weighted by atomic mass is 9.78. The normalized spacial score (nSPS) is 21.6. The highest BCUT2D eigenvalue weighted by Gasteiger charge is 2.28. The van der Waals surface area contributed by atoms with E-state index < -0.39 is 17.9 Å². The van der Waals surface area contributed by atoms with Crippen LogP contribution in [0.15, 0.2) is 11.4 Å². The predicted molar refractivity (Wildman–Crippen MR) is 106 cm³/mol. The third-order valence-electron chi connectivity index (χ3n) is 4.90. The first kappa shape index (κ1) is 21.9. The number of aromatic nitrogens is 2. The van der Waals surface area contributed by atoms with Crippen molar-refractivity contribution in [3.05, 3.63) is 11.8 Å². The Bertz CT molecular complexity index is 730. The summed E-state index contributed by atoms with van der Waals surface area (Å²) in [6.07, 6.45) is 4.41. The van der Waals surface area contributed by atoms with Gasteiger partial charge in [-0.2, -0.15) is 0 Å². The Morgan fingerprint density at radius 1 is 1.32 bits per heavy atom. The summed E-state index contributed by atoms with van der Waals surface area (Å²) < 4.78 is 4.85. The third-order valence-corrected chi connectivity index (χ3v) is 5.76. The van der Waals surface area contributed by atoms with Crippen LogP contribution < -0.4 is 16.4 Å². The van der Waals surface area contributed by atoms with Gasteiger partial charge in [-0.3, -0.25) is 10.1 Å². The number of rotatable bonds is 6. The second-order valence-electron chi connectivity index (χ2n) is 6.86. The Kier molecular flexibility index (Phi) is 8.04. The Morgan fingerprint density at radius 2 is 2.07 bits per heavy atom. The van der Waals surface area contributed by atoms with Gasteiger partial charge in [0.25, 0.3) is 0 Å². The minimum absolute atomic E-state index is 0.0190. The molecule has 0 radical (unpaired) electrons. The summed E-state index contributed by atoms with van der Waals surface area (Å²) in [5.74, 6) is -0.214. The van der Waals surface area contributed by atoms with Crippen LogP contribution in [0.5, 0.6) is 0 Å². The number of esters is 1. The van der Waals surface area contributed by atoms with Crippen LogP contribution in [-0.4, -0.2) is 46.3 Å². The molecule has 0 saturated heterocycles. The molecule has 1 aromatic heterocycles. The highest BCUT2D eigenvalue weighted by molar-refractivity contribution is 7.99. The van der Waals surface area contributed by atoms with Crippen LogP contribution in [-0.2, 0) is 9.53 Å². The van der Waals surface area contributed by atoms with Crippen LogP contribution in [0.4, 0.5) is 10.6 Å². The standard InChI is InChI=1S/C18H27N5O4S/c1-4-27-16(25)12-8-20-18(23-15(12)19)28-9-14(24)22-17(26)21-13-7-5-6-10(2)11(13)3/h8,10-11,13H,4-7,9H2,1-3H3,(H2,19,20,23)(H2,21,22,24,26)/t10-,11+,13+/m0/s1. The van der Waals surface area contributed by atoms with Crippen molar-refractivity contribution < 1.29 is 19.1 Å². The highest BCUT2D eigenvalue weighted by Crippen LogP contribution is 2.29. The summed E-state index contributed by atoms with van der Waals surface area (Å²) >= 11 is 1.02. The smallest absolute Gasteiger partial charge is 0.343 e. The van der Waals surface area contributed by atoms with Crippen molar-refractivity contribution in [2.24, 2.45) is 11.8 Å². The number of anilines is 1. The Labute approximate surface area is 168 Å². The fourth-order valence-electron chi connectivity index (χ4n) is 3.10. The zero-order valence-electron chi connectivity index (χ0n) is 16.4. The molecule has 28 heavy (non-hydrogen) atoms. The Hall–Kier alpha value is -2.36. The minimum Gasteiger partial charge on any atom is -0.462 e. The number of nitrogen functional groups attached to an aromatic ring is 1. The van der Waals surface area contributed by atoms with Gasteiger partial charge in [-0.05, 0) is 25.2 Å². The lowest BCUT2D eigenvalue weighted by Crippen LogP contribution is -2.49. The molecule has 154 valence electrons. The molecule has 0 unspecified atom stereocenters. The molecular weight excluding hydrogens is 382 g/mol. The third kappa shape index (κ3) is 6.08. The fraction of sp³-hybridized carbons (Fsp3) is 0.611.